The van der Waals surface area contributed by atoms with Crippen molar-refractivity contribution >= 4 is 29.3 Å². The third kappa shape index (κ3) is 5.53. The lowest BCUT2D eigenvalue weighted by Crippen LogP contribution is -2.53. The van der Waals surface area contributed by atoms with Gasteiger partial charge in [-0.2, -0.15) is 5.26 Å². The summed E-state index contributed by atoms with van der Waals surface area (Å²) in [5.41, 5.74) is 1.78. The zero-order chi connectivity index (χ0) is 24.9. The predicted molar refractivity (Wildman–Crippen MR) is 126 cm³/mol. The van der Waals surface area contributed by atoms with Crippen molar-refractivity contribution in [2.75, 3.05) is 31.4 Å². The fourth-order valence-electron chi connectivity index (χ4n) is 4.30. The average molecular weight is 479 g/mol. The first-order chi connectivity index (χ1) is 16.9. The Morgan fingerprint density at radius 3 is 2.57 bits per heavy atom. The standard InChI is InChI=1S/C25H26N4O6/c1-29-20-9-8-18(12-23(30)33-2)35-22(20)14-34-21-10-7-17(11-19(21)24(29)31)28-25(32)27-16-5-3-15(13-26)4-6-16/h3-7,10-11,18,20,22H,8-9,12,14H2,1-2H3,(H2,27,28,32)/t18-,20+,22+/m1/s1. The van der Waals surface area contributed by atoms with Gasteiger partial charge >= 0.3 is 12.0 Å². The Morgan fingerprint density at radius 2 is 1.86 bits per heavy atom. The molecule has 0 spiro atoms. The van der Waals surface area contributed by atoms with E-state index in [2.05, 4.69) is 10.6 Å². The minimum absolute atomic E-state index is 0.160. The fourth-order valence-corrected chi connectivity index (χ4v) is 4.30. The van der Waals surface area contributed by atoms with Crippen LogP contribution in [0.4, 0.5) is 16.2 Å². The molecule has 10 nitrogen and oxygen atoms in total. The van der Waals surface area contributed by atoms with Gasteiger partial charge in [0, 0.05) is 18.4 Å². The summed E-state index contributed by atoms with van der Waals surface area (Å²) in [6.07, 6.45) is 0.788. The van der Waals surface area contributed by atoms with Gasteiger partial charge in [0.15, 0.2) is 0 Å². The molecule has 2 heterocycles. The van der Waals surface area contributed by atoms with Gasteiger partial charge in [-0.05, 0) is 55.3 Å². The van der Waals surface area contributed by atoms with E-state index in [9.17, 15) is 14.4 Å². The maximum Gasteiger partial charge on any atom is 0.323 e. The first kappa shape index (κ1) is 24.0. The van der Waals surface area contributed by atoms with Gasteiger partial charge < -0.3 is 29.7 Å². The molecular formula is C25H26N4O6. The van der Waals surface area contributed by atoms with Gasteiger partial charge in [0.2, 0.25) is 0 Å². The minimum Gasteiger partial charge on any atom is -0.490 e. The molecule has 0 unspecified atom stereocenters. The quantitative estimate of drug-likeness (QED) is 0.646. The van der Waals surface area contributed by atoms with E-state index >= 15 is 0 Å². The fraction of sp³-hybridized carbons (Fsp3) is 0.360. The van der Waals surface area contributed by atoms with Crippen molar-refractivity contribution in [1.29, 1.82) is 5.26 Å². The van der Waals surface area contributed by atoms with Gasteiger partial charge in [-0.15, -0.1) is 0 Å². The van der Waals surface area contributed by atoms with Crippen molar-refractivity contribution in [3.8, 4) is 11.8 Å². The highest BCUT2D eigenvalue weighted by Crippen LogP contribution is 2.32. The minimum atomic E-state index is -0.486. The van der Waals surface area contributed by atoms with Crippen LogP contribution in [0, 0.1) is 11.3 Å². The summed E-state index contributed by atoms with van der Waals surface area (Å²) in [4.78, 5) is 39.0. The topological polar surface area (TPSA) is 130 Å². The van der Waals surface area contributed by atoms with Crippen LogP contribution in [0.25, 0.3) is 0 Å². The summed E-state index contributed by atoms with van der Waals surface area (Å²) >= 11 is 0. The molecule has 2 N–H and O–H groups in total. The Labute approximate surface area is 202 Å². The summed E-state index contributed by atoms with van der Waals surface area (Å²) in [5.74, 6) is -0.198. The van der Waals surface area contributed by atoms with Crippen LogP contribution in [0.15, 0.2) is 42.5 Å². The summed E-state index contributed by atoms with van der Waals surface area (Å²) in [6.45, 7) is 0.221. The molecule has 3 atom stereocenters. The van der Waals surface area contributed by atoms with Crippen LogP contribution >= 0.6 is 0 Å². The molecule has 0 radical (unpaired) electrons. The molecular weight excluding hydrogens is 452 g/mol. The second-order valence-corrected chi connectivity index (χ2v) is 8.43. The number of carbonyl (C=O) groups excluding carboxylic acids is 3. The molecule has 2 aromatic rings. The predicted octanol–water partition coefficient (Wildman–Crippen LogP) is 3.15. The molecule has 2 aliphatic heterocycles. The van der Waals surface area contributed by atoms with Crippen LogP contribution in [0.5, 0.6) is 5.75 Å². The lowest BCUT2D eigenvalue weighted by molar-refractivity contribution is -0.151. The van der Waals surface area contributed by atoms with Gasteiger partial charge in [-0.1, -0.05) is 0 Å². The normalized spacial score (nSPS) is 21.2. The van der Waals surface area contributed by atoms with Gasteiger partial charge in [-0.25, -0.2) is 4.79 Å². The highest BCUT2D eigenvalue weighted by Gasteiger charge is 2.39. The molecule has 35 heavy (non-hydrogen) atoms. The Balaban J connectivity index is 1.45. The number of hydrogen-bond donors (Lipinski definition) is 2. The summed E-state index contributed by atoms with van der Waals surface area (Å²) in [7, 11) is 3.06. The van der Waals surface area contributed by atoms with Crippen molar-refractivity contribution in [2.24, 2.45) is 0 Å². The molecule has 1 saturated heterocycles. The van der Waals surface area contributed by atoms with E-state index < -0.39 is 6.03 Å². The molecule has 0 bridgehead atoms. The Bertz CT molecular complexity index is 1160. The molecule has 0 saturated carbocycles. The molecule has 3 amide bonds. The van der Waals surface area contributed by atoms with Crippen molar-refractivity contribution in [1.82, 2.24) is 4.90 Å². The monoisotopic (exact) mass is 478 g/mol. The van der Waals surface area contributed by atoms with Crippen molar-refractivity contribution in [3.05, 3.63) is 53.6 Å². The van der Waals surface area contributed by atoms with Crippen molar-refractivity contribution in [2.45, 2.75) is 37.5 Å². The van der Waals surface area contributed by atoms with Crippen LogP contribution in [-0.4, -0.2) is 61.8 Å². The molecule has 2 aliphatic rings. The zero-order valence-electron chi connectivity index (χ0n) is 19.4. The molecule has 182 valence electrons. The van der Waals surface area contributed by atoms with E-state index in [1.807, 2.05) is 6.07 Å². The first-order valence-corrected chi connectivity index (χ1v) is 11.2. The summed E-state index contributed by atoms with van der Waals surface area (Å²) in [6, 6.07) is 12.6. The van der Waals surface area contributed by atoms with Crippen LogP contribution in [0.2, 0.25) is 0 Å². The van der Waals surface area contributed by atoms with Crippen molar-refractivity contribution < 1.29 is 28.6 Å². The van der Waals surface area contributed by atoms with E-state index in [1.54, 1.807) is 54.4 Å². The number of amides is 3. The van der Waals surface area contributed by atoms with E-state index in [4.69, 9.17) is 19.5 Å². The summed E-state index contributed by atoms with van der Waals surface area (Å²) < 4.78 is 16.7. The number of benzene rings is 2. The molecule has 4 rings (SSSR count). The van der Waals surface area contributed by atoms with Gasteiger partial charge in [0.1, 0.15) is 18.5 Å². The number of urea groups is 1. The molecule has 0 aromatic heterocycles. The molecule has 10 heteroatoms. The SMILES string of the molecule is COC(=O)C[C@H]1CC[C@H]2[C@H](COc3ccc(NC(=O)Nc4ccc(C#N)cc4)cc3C(=O)N2C)O1. The van der Waals surface area contributed by atoms with E-state index in [0.29, 0.717) is 41.1 Å². The number of nitrogens with zero attached hydrogens (tertiary/aromatic N) is 2. The number of rotatable bonds is 4. The number of nitrogens with one attached hydrogen (secondary N) is 2. The highest BCUT2D eigenvalue weighted by molar-refractivity contribution is 6.02. The Hall–Kier alpha value is -4.10. The smallest absolute Gasteiger partial charge is 0.323 e. The summed E-state index contributed by atoms with van der Waals surface area (Å²) in [5, 5.41) is 14.3. The van der Waals surface area contributed by atoms with E-state index in [0.717, 1.165) is 0 Å². The second-order valence-electron chi connectivity index (χ2n) is 8.43. The maximum atomic E-state index is 13.3. The van der Waals surface area contributed by atoms with Crippen LogP contribution in [0.1, 0.15) is 35.2 Å². The largest absolute Gasteiger partial charge is 0.490 e. The number of fused-ring (bicyclic) bond motifs is 2. The molecule has 2 aromatic carbocycles. The zero-order valence-corrected chi connectivity index (χ0v) is 19.4. The number of esters is 1. The van der Waals surface area contributed by atoms with E-state index in [-0.39, 0.29) is 43.2 Å². The Kier molecular flexibility index (Phi) is 7.17. The van der Waals surface area contributed by atoms with Gasteiger partial charge in [-0.3, -0.25) is 9.59 Å². The number of hydrogen-bond acceptors (Lipinski definition) is 7. The number of carbonyl (C=O) groups is 3. The average Bonchev–Trinajstić information content (AvgIpc) is 2.86. The lowest BCUT2D eigenvalue weighted by atomic mass is 9.94. The first-order valence-electron chi connectivity index (χ1n) is 11.2. The highest BCUT2D eigenvalue weighted by atomic mass is 16.5. The lowest BCUT2D eigenvalue weighted by Gasteiger charge is -2.42. The molecule has 1 fully saturated rings. The third-order valence-electron chi connectivity index (χ3n) is 6.16. The van der Waals surface area contributed by atoms with Crippen LogP contribution < -0.4 is 15.4 Å². The second kappa shape index (κ2) is 10.4. The number of ether oxygens (including phenoxy) is 3. The third-order valence-corrected chi connectivity index (χ3v) is 6.16. The number of likely N-dealkylation sites (N-methyl/N-ethyl adjacent to an activating group) is 1. The number of methoxy groups -OCH3 is 1. The van der Waals surface area contributed by atoms with Crippen LogP contribution in [-0.2, 0) is 14.3 Å². The maximum absolute atomic E-state index is 13.3. The Morgan fingerprint density at radius 1 is 1.14 bits per heavy atom. The van der Waals surface area contributed by atoms with Gasteiger partial charge in [0.25, 0.3) is 5.91 Å². The molecule has 0 aliphatic carbocycles. The number of anilines is 2. The van der Waals surface area contributed by atoms with Crippen LogP contribution in [0.3, 0.4) is 0 Å². The van der Waals surface area contributed by atoms with Gasteiger partial charge in [0.05, 0.1) is 42.9 Å². The van der Waals surface area contributed by atoms with Crippen molar-refractivity contribution in [3.63, 3.8) is 0 Å². The van der Waals surface area contributed by atoms with E-state index in [1.165, 1.54) is 7.11 Å². The number of nitriles is 1.